The summed E-state index contributed by atoms with van der Waals surface area (Å²) in [5.74, 6) is -1.24. The third-order valence-corrected chi connectivity index (χ3v) is 4.09. The number of carboxylic acid groups (broad SMARTS) is 1. The zero-order valence-corrected chi connectivity index (χ0v) is 12.7. The molecule has 5 heteroatoms. The van der Waals surface area contributed by atoms with Gasteiger partial charge in [0.2, 0.25) is 0 Å². The van der Waals surface area contributed by atoms with Gasteiger partial charge >= 0.3 is 5.97 Å². The number of aromatic nitrogens is 1. The molecule has 1 aromatic rings. The van der Waals surface area contributed by atoms with Gasteiger partial charge in [-0.3, -0.25) is 0 Å². The number of carboxylic acids is 1. The van der Waals surface area contributed by atoms with Crippen LogP contribution in [0.3, 0.4) is 0 Å². The predicted molar refractivity (Wildman–Crippen MR) is 80.2 cm³/mol. The molecule has 21 heavy (non-hydrogen) atoms. The second kappa shape index (κ2) is 6.87. The number of rotatable bonds is 6. The van der Waals surface area contributed by atoms with Crippen LogP contribution in [0.1, 0.15) is 56.3 Å². The first-order chi connectivity index (χ1) is 10.0. The molecule has 2 rings (SSSR count). The molecule has 0 radical (unpaired) electrons. The van der Waals surface area contributed by atoms with Crippen LogP contribution in [0.15, 0.2) is 12.3 Å². The van der Waals surface area contributed by atoms with Crippen molar-refractivity contribution in [3.8, 4) is 0 Å². The van der Waals surface area contributed by atoms with Gasteiger partial charge in [0.1, 0.15) is 5.56 Å². The van der Waals surface area contributed by atoms with Gasteiger partial charge in [-0.15, -0.1) is 0 Å². The molecule has 1 aliphatic carbocycles. The molecule has 4 nitrogen and oxygen atoms in total. The molecule has 0 bridgehead atoms. The number of carbonyl (C=O) groups is 1. The Morgan fingerprint density at radius 1 is 1.48 bits per heavy atom. The molecule has 1 fully saturated rings. The number of aromatic carboxylic acids is 1. The maximum absolute atomic E-state index is 14.5. The van der Waals surface area contributed by atoms with Gasteiger partial charge in [-0.25, -0.2) is 14.2 Å². The molecule has 0 saturated heterocycles. The van der Waals surface area contributed by atoms with Gasteiger partial charge in [0.25, 0.3) is 0 Å². The number of halogens is 1. The summed E-state index contributed by atoms with van der Waals surface area (Å²) in [6.07, 6.45) is 6.66. The van der Waals surface area contributed by atoms with Crippen molar-refractivity contribution >= 4 is 11.8 Å². The Kier molecular flexibility index (Phi) is 5.15. The van der Waals surface area contributed by atoms with Crippen molar-refractivity contribution in [2.45, 2.75) is 52.0 Å². The minimum atomic E-state index is -1.24. The van der Waals surface area contributed by atoms with Gasteiger partial charge in [-0.05, 0) is 31.2 Å². The summed E-state index contributed by atoms with van der Waals surface area (Å²) in [6, 6.07) is 1.49. The van der Waals surface area contributed by atoms with Crippen LogP contribution in [0.5, 0.6) is 0 Å². The van der Waals surface area contributed by atoms with E-state index in [9.17, 15) is 9.18 Å². The maximum atomic E-state index is 14.5. The summed E-state index contributed by atoms with van der Waals surface area (Å²) < 4.78 is 14.5. The molecule has 0 spiro atoms. The normalized spacial score (nSPS) is 15.6. The summed E-state index contributed by atoms with van der Waals surface area (Å²) in [6.45, 7) is 4.98. The molecule has 116 valence electrons. The first-order valence-electron chi connectivity index (χ1n) is 7.65. The standard InChI is InChI=1S/C16H23FN2O2/c1-11(2)8-10-19(12-5-3-4-6-12)15-14(17)13(16(20)21)7-9-18-15/h7,9,11-12H,3-6,8,10H2,1-2H3,(H,20,21). The first-order valence-corrected chi connectivity index (χ1v) is 7.65. The van der Waals surface area contributed by atoms with Gasteiger partial charge in [0.15, 0.2) is 11.6 Å². The third-order valence-electron chi connectivity index (χ3n) is 4.09. The molecule has 0 aromatic carbocycles. The van der Waals surface area contributed by atoms with Gasteiger partial charge in [-0.1, -0.05) is 26.7 Å². The smallest absolute Gasteiger partial charge is 0.338 e. The summed E-state index contributed by atoms with van der Waals surface area (Å²) in [5, 5.41) is 9.07. The Bertz CT molecular complexity index is 499. The highest BCUT2D eigenvalue weighted by molar-refractivity contribution is 5.88. The molecule has 1 N–H and O–H groups in total. The van der Waals surface area contributed by atoms with Crippen molar-refractivity contribution in [2.75, 3.05) is 11.4 Å². The Balaban J connectivity index is 2.31. The molecule has 1 heterocycles. The summed E-state index contributed by atoms with van der Waals surface area (Å²) in [7, 11) is 0. The van der Waals surface area contributed by atoms with Gasteiger partial charge in [0.05, 0.1) is 0 Å². The number of hydrogen-bond donors (Lipinski definition) is 1. The van der Waals surface area contributed by atoms with E-state index in [1.54, 1.807) is 0 Å². The van der Waals surface area contributed by atoms with Crippen LogP contribution in [-0.2, 0) is 0 Å². The van der Waals surface area contributed by atoms with Crippen molar-refractivity contribution in [2.24, 2.45) is 5.92 Å². The largest absolute Gasteiger partial charge is 0.478 e. The minimum absolute atomic E-state index is 0.197. The number of pyridine rings is 1. The van der Waals surface area contributed by atoms with Crippen molar-refractivity contribution in [1.29, 1.82) is 0 Å². The van der Waals surface area contributed by atoms with E-state index in [1.165, 1.54) is 12.3 Å². The fraction of sp³-hybridized carbons (Fsp3) is 0.625. The van der Waals surface area contributed by atoms with E-state index in [-0.39, 0.29) is 17.4 Å². The molecule has 0 aliphatic heterocycles. The van der Waals surface area contributed by atoms with Crippen molar-refractivity contribution in [3.63, 3.8) is 0 Å². The lowest BCUT2D eigenvalue weighted by Gasteiger charge is -2.31. The van der Waals surface area contributed by atoms with Crippen LogP contribution >= 0.6 is 0 Å². The van der Waals surface area contributed by atoms with Crippen LogP contribution in [0.25, 0.3) is 0 Å². The molecule has 0 amide bonds. The van der Waals surface area contributed by atoms with Crippen molar-refractivity contribution in [3.05, 3.63) is 23.6 Å². The minimum Gasteiger partial charge on any atom is -0.478 e. The fourth-order valence-corrected chi connectivity index (χ4v) is 2.87. The van der Waals surface area contributed by atoms with E-state index < -0.39 is 11.8 Å². The lowest BCUT2D eigenvalue weighted by molar-refractivity contribution is 0.0691. The molecule has 0 atom stereocenters. The lowest BCUT2D eigenvalue weighted by Crippen LogP contribution is -2.36. The monoisotopic (exact) mass is 294 g/mol. The SMILES string of the molecule is CC(C)CCN(c1nccc(C(=O)O)c1F)C1CCCC1. The topological polar surface area (TPSA) is 53.4 Å². The van der Waals surface area contributed by atoms with Crippen molar-refractivity contribution < 1.29 is 14.3 Å². The first kappa shape index (κ1) is 15.7. The molecule has 1 saturated carbocycles. The zero-order chi connectivity index (χ0) is 15.4. The van der Waals surface area contributed by atoms with Gasteiger partial charge < -0.3 is 10.0 Å². The number of anilines is 1. The second-order valence-corrected chi connectivity index (χ2v) is 6.12. The van der Waals surface area contributed by atoms with E-state index in [1.807, 2.05) is 4.90 Å². The lowest BCUT2D eigenvalue weighted by atomic mass is 10.1. The fourth-order valence-electron chi connectivity index (χ4n) is 2.87. The highest BCUT2D eigenvalue weighted by Crippen LogP contribution is 2.30. The summed E-state index contributed by atoms with van der Waals surface area (Å²) in [4.78, 5) is 17.2. The molecular formula is C16H23FN2O2. The highest BCUT2D eigenvalue weighted by Gasteiger charge is 2.27. The van der Waals surface area contributed by atoms with Gasteiger partial charge in [-0.2, -0.15) is 0 Å². The Hall–Kier alpha value is -1.65. The van der Waals surface area contributed by atoms with E-state index in [4.69, 9.17) is 5.11 Å². The summed E-state index contributed by atoms with van der Waals surface area (Å²) >= 11 is 0. The number of nitrogens with zero attached hydrogens (tertiary/aromatic N) is 2. The van der Waals surface area contributed by atoms with E-state index in [0.29, 0.717) is 5.92 Å². The third kappa shape index (κ3) is 3.71. The van der Waals surface area contributed by atoms with Crippen LogP contribution in [0.2, 0.25) is 0 Å². The van der Waals surface area contributed by atoms with E-state index in [2.05, 4.69) is 18.8 Å². The Morgan fingerprint density at radius 2 is 2.14 bits per heavy atom. The molecular weight excluding hydrogens is 271 g/mol. The molecule has 0 unspecified atom stereocenters. The Labute approximate surface area is 125 Å². The predicted octanol–water partition coefficient (Wildman–Crippen LogP) is 3.71. The molecule has 1 aliphatic rings. The average Bonchev–Trinajstić information content (AvgIpc) is 2.94. The van der Waals surface area contributed by atoms with Crippen LogP contribution in [0.4, 0.5) is 10.2 Å². The van der Waals surface area contributed by atoms with Crippen molar-refractivity contribution in [1.82, 2.24) is 4.98 Å². The van der Waals surface area contributed by atoms with E-state index >= 15 is 0 Å². The Morgan fingerprint density at radius 3 is 2.71 bits per heavy atom. The van der Waals surface area contributed by atoms with Crippen LogP contribution in [0, 0.1) is 11.7 Å². The highest BCUT2D eigenvalue weighted by atomic mass is 19.1. The summed E-state index contributed by atoms with van der Waals surface area (Å²) in [5.41, 5.74) is -0.299. The zero-order valence-electron chi connectivity index (χ0n) is 12.7. The average molecular weight is 294 g/mol. The maximum Gasteiger partial charge on any atom is 0.338 e. The van der Waals surface area contributed by atoms with Crippen LogP contribution in [-0.4, -0.2) is 28.6 Å². The number of hydrogen-bond acceptors (Lipinski definition) is 3. The van der Waals surface area contributed by atoms with Crippen LogP contribution < -0.4 is 4.90 Å². The van der Waals surface area contributed by atoms with Gasteiger partial charge in [0, 0.05) is 18.8 Å². The quantitative estimate of drug-likeness (QED) is 0.869. The second-order valence-electron chi connectivity index (χ2n) is 6.12. The van der Waals surface area contributed by atoms with E-state index in [0.717, 1.165) is 38.6 Å². The molecule has 1 aromatic heterocycles.